The summed E-state index contributed by atoms with van der Waals surface area (Å²) in [7, 11) is 0. The van der Waals surface area contributed by atoms with Gasteiger partial charge < -0.3 is 9.15 Å². The molecule has 0 bridgehead atoms. The molecule has 5 heteroatoms. The number of benzene rings is 2. The van der Waals surface area contributed by atoms with Gasteiger partial charge in [0.25, 0.3) is 0 Å². The molecular weight excluding hydrogens is 294 g/mol. The highest BCUT2D eigenvalue weighted by atomic mass is 16.5. The first-order valence-electron chi connectivity index (χ1n) is 7.24. The lowest BCUT2D eigenvalue weighted by Gasteiger charge is -2.07. The van der Waals surface area contributed by atoms with Crippen LogP contribution in [0, 0.1) is 0 Å². The molecule has 0 aliphatic carbocycles. The van der Waals surface area contributed by atoms with E-state index in [-0.39, 0.29) is 6.61 Å². The van der Waals surface area contributed by atoms with Gasteiger partial charge in [-0.25, -0.2) is 9.59 Å². The second kappa shape index (κ2) is 6.36. The minimum absolute atomic E-state index is 0.287. The van der Waals surface area contributed by atoms with Gasteiger partial charge in [-0.1, -0.05) is 30.3 Å². The summed E-state index contributed by atoms with van der Waals surface area (Å²) < 4.78 is 10.2. The fourth-order valence-corrected chi connectivity index (χ4v) is 2.29. The smallest absolute Gasteiger partial charge is 0.411 e. The zero-order valence-corrected chi connectivity index (χ0v) is 12.5. The number of rotatable bonds is 3. The summed E-state index contributed by atoms with van der Waals surface area (Å²) in [5.74, 6) is 0. The zero-order chi connectivity index (χ0) is 16.2. The van der Waals surface area contributed by atoms with E-state index in [0.717, 1.165) is 10.9 Å². The number of ether oxygens (including phenoxy) is 1. The van der Waals surface area contributed by atoms with Crippen molar-refractivity contribution in [3.63, 3.8) is 0 Å². The number of carbonyl (C=O) groups excluding carboxylic acids is 1. The minimum Gasteiger partial charge on any atom is -0.450 e. The lowest BCUT2D eigenvalue weighted by molar-refractivity contribution is 0.168. The maximum absolute atomic E-state index is 12.2. The topological polar surface area (TPSA) is 68.5 Å². The summed E-state index contributed by atoms with van der Waals surface area (Å²) in [4.78, 5) is 23.6. The minimum atomic E-state index is -0.546. The van der Waals surface area contributed by atoms with Crippen LogP contribution in [0.4, 0.5) is 10.5 Å². The molecule has 1 N–H and O–H groups in total. The number of anilines is 1. The summed E-state index contributed by atoms with van der Waals surface area (Å²) in [5, 5.41) is 3.35. The molecule has 1 aromatic heterocycles. The van der Waals surface area contributed by atoms with Crippen molar-refractivity contribution in [1.29, 1.82) is 0 Å². The van der Waals surface area contributed by atoms with Crippen LogP contribution in [-0.2, 0) is 4.74 Å². The van der Waals surface area contributed by atoms with Gasteiger partial charge in [0.2, 0.25) is 0 Å². The normalized spacial score (nSPS) is 10.5. The van der Waals surface area contributed by atoms with Crippen LogP contribution in [0.2, 0.25) is 0 Å². The Bertz CT molecular complexity index is 900. The predicted molar refractivity (Wildman–Crippen MR) is 88.6 cm³/mol. The third kappa shape index (κ3) is 3.23. The second-order valence-corrected chi connectivity index (χ2v) is 4.91. The summed E-state index contributed by atoms with van der Waals surface area (Å²) in [6.07, 6.45) is -0.546. The van der Waals surface area contributed by atoms with Gasteiger partial charge >= 0.3 is 11.7 Å². The van der Waals surface area contributed by atoms with E-state index in [1.807, 2.05) is 30.3 Å². The highest BCUT2D eigenvalue weighted by Gasteiger charge is 2.09. The van der Waals surface area contributed by atoms with E-state index in [4.69, 9.17) is 9.15 Å². The number of hydrogen-bond donors (Lipinski definition) is 1. The standard InChI is InChI=1S/C18H15NO4/c1-2-22-18(21)19-14-9-8-13-10-15(12-6-4-3-5-7-12)17(20)23-16(13)11-14/h3-11H,2H2,1H3,(H,19,21). The van der Waals surface area contributed by atoms with Gasteiger partial charge in [-0.05, 0) is 30.7 Å². The van der Waals surface area contributed by atoms with Crippen LogP contribution in [-0.4, -0.2) is 12.7 Å². The van der Waals surface area contributed by atoms with Gasteiger partial charge in [-0.2, -0.15) is 0 Å². The van der Waals surface area contributed by atoms with Crippen LogP contribution in [0.3, 0.4) is 0 Å². The first kappa shape index (κ1) is 14.8. The van der Waals surface area contributed by atoms with E-state index >= 15 is 0 Å². The summed E-state index contributed by atoms with van der Waals surface area (Å²) in [6, 6.07) is 16.2. The van der Waals surface area contributed by atoms with Gasteiger partial charge in [-0.3, -0.25) is 5.32 Å². The van der Waals surface area contributed by atoms with Crippen molar-refractivity contribution in [2.45, 2.75) is 6.92 Å². The van der Waals surface area contributed by atoms with Gasteiger partial charge in [0.05, 0.1) is 12.2 Å². The maximum Gasteiger partial charge on any atom is 0.411 e. The SMILES string of the molecule is CCOC(=O)Nc1ccc2cc(-c3ccccc3)c(=O)oc2c1. The molecule has 5 nitrogen and oxygen atoms in total. The third-order valence-corrected chi connectivity index (χ3v) is 3.34. The van der Waals surface area contributed by atoms with E-state index in [1.165, 1.54) is 0 Å². The summed E-state index contributed by atoms with van der Waals surface area (Å²) >= 11 is 0. The Morgan fingerprint density at radius 2 is 1.91 bits per heavy atom. The van der Waals surface area contributed by atoms with Gasteiger partial charge in [-0.15, -0.1) is 0 Å². The van der Waals surface area contributed by atoms with Gasteiger partial charge in [0.1, 0.15) is 5.58 Å². The van der Waals surface area contributed by atoms with Crippen molar-refractivity contribution < 1.29 is 13.9 Å². The number of nitrogens with one attached hydrogen (secondary N) is 1. The quantitative estimate of drug-likeness (QED) is 0.742. The molecule has 0 radical (unpaired) electrons. The number of amides is 1. The lowest BCUT2D eigenvalue weighted by atomic mass is 10.1. The van der Waals surface area contributed by atoms with Crippen molar-refractivity contribution in [2.75, 3.05) is 11.9 Å². The van der Waals surface area contributed by atoms with Crippen LogP contribution >= 0.6 is 0 Å². The molecule has 0 aliphatic heterocycles. The molecule has 1 amide bonds. The van der Waals surface area contributed by atoms with Crippen molar-refractivity contribution in [2.24, 2.45) is 0 Å². The highest BCUT2D eigenvalue weighted by Crippen LogP contribution is 2.23. The molecule has 23 heavy (non-hydrogen) atoms. The molecule has 0 saturated carbocycles. The van der Waals surface area contributed by atoms with E-state index in [2.05, 4.69) is 5.32 Å². The third-order valence-electron chi connectivity index (χ3n) is 3.34. The highest BCUT2D eigenvalue weighted by molar-refractivity contribution is 5.90. The van der Waals surface area contributed by atoms with Crippen molar-refractivity contribution >= 4 is 22.7 Å². The van der Waals surface area contributed by atoms with E-state index in [1.54, 1.807) is 31.2 Å². The summed E-state index contributed by atoms with van der Waals surface area (Å²) in [5.41, 5.74) is 1.80. The van der Waals surface area contributed by atoms with Crippen LogP contribution < -0.4 is 10.9 Å². The van der Waals surface area contributed by atoms with Crippen LogP contribution in [0.15, 0.2) is 63.8 Å². The molecule has 3 rings (SSSR count). The Morgan fingerprint density at radius 3 is 2.65 bits per heavy atom. The Balaban J connectivity index is 1.99. The average Bonchev–Trinajstić information content (AvgIpc) is 2.55. The number of fused-ring (bicyclic) bond motifs is 1. The maximum atomic E-state index is 12.2. The summed E-state index contributed by atoms with van der Waals surface area (Å²) in [6.45, 7) is 2.01. The van der Waals surface area contributed by atoms with Crippen LogP contribution in [0.5, 0.6) is 0 Å². The lowest BCUT2D eigenvalue weighted by Crippen LogP contribution is -2.13. The Hall–Kier alpha value is -3.08. The Kier molecular flexibility index (Phi) is 4.10. The Labute approximate surface area is 132 Å². The largest absolute Gasteiger partial charge is 0.450 e. The van der Waals surface area contributed by atoms with Crippen molar-refractivity contribution in [1.82, 2.24) is 0 Å². The molecule has 3 aromatic rings. The van der Waals surface area contributed by atoms with E-state index in [9.17, 15) is 9.59 Å². The molecule has 0 spiro atoms. The van der Waals surface area contributed by atoms with Crippen LogP contribution in [0.25, 0.3) is 22.1 Å². The fraction of sp³-hybridized carbons (Fsp3) is 0.111. The first-order valence-corrected chi connectivity index (χ1v) is 7.24. The molecule has 0 aliphatic rings. The molecular formula is C18H15NO4. The monoisotopic (exact) mass is 309 g/mol. The second-order valence-electron chi connectivity index (χ2n) is 4.91. The van der Waals surface area contributed by atoms with E-state index in [0.29, 0.717) is 16.8 Å². The fourth-order valence-electron chi connectivity index (χ4n) is 2.29. The average molecular weight is 309 g/mol. The zero-order valence-electron chi connectivity index (χ0n) is 12.5. The number of hydrogen-bond acceptors (Lipinski definition) is 4. The molecule has 0 fully saturated rings. The molecule has 116 valence electrons. The molecule has 1 heterocycles. The Morgan fingerprint density at radius 1 is 1.13 bits per heavy atom. The molecule has 0 saturated heterocycles. The first-order chi connectivity index (χ1) is 11.2. The van der Waals surface area contributed by atoms with Crippen LogP contribution in [0.1, 0.15) is 6.92 Å². The van der Waals surface area contributed by atoms with E-state index < -0.39 is 11.7 Å². The number of carbonyl (C=O) groups is 1. The molecule has 0 unspecified atom stereocenters. The van der Waals surface area contributed by atoms with Crippen molar-refractivity contribution in [3.05, 3.63) is 65.0 Å². The molecule has 2 aromatic carbocycles. The van der Waals surface area contributed by atoms with Gasteiger partial charge in [0, 0.05) is 17.1 Å². The molecule has 0 atom stereocenters. The predicted octanol–water partition coefficient (Wildman–Crippen LogP) is 4.03. The van der Waals surface area contributed by atoms with Gasteiger partial charge in [0.15, 0.2) is 0 Å². The van der Waals surface area contributed by atoms with Crippen molar-refractivity contribution in [3.8, 4) is 11.1 Å².